The van der Waals surface area contributed by atoms with Crippen molar-refractivity contribution in [2.24, 2.45) is 0 Å². The van der Waals surface area contributed by atoms with E-state index >= 15 is 0 Å². The predicted octanol–water partition coefficient (Wildman–Crippen LogP) is 0.869. The molecule has 1 aliphatic heterocycles. The van der Waals surface area contributed by atoms with Crippen molar-refractivity contribution < 1.29 is 0 Å². The quantitative estimate of drug-likeness (QED) is 0.672. The van der Waals surface area contributed by atoms with Crippen LogP contribution in [-0.2, 0) is 6.42 Å². The van der Waals surface area contributed by atoms with Gasteiger partial charge in [0.15, 0.2) is 0 Å². The van der Waals surface area contributed by atoms with E-state index in [1.54, 1.807) is 0 Å². The molecule has 0 amide bonds. The molecule has 2 N–H and O–H groups in total. The van der Waals surface area contributed by atoms with E-state index in [0.29, 0.717) is 6.04 Å². The Kier molecular flexibility index (Phi) is 1.34. The van der Waals surface area contributed by atoms with Crippen LogP contribution in [0.25, 0.3) is 0 Å². The van der Waals surface area contributed by atoms with Crippen molar-refractivity contribution in [3.8, 4) is 0 Å². The van der Waals surface area contributed by atoms with Crippen LogP contribution in [0.2, 0.25) is 0 Å². The summed E-state index contributed by atoms with van der Waals surface area (Å²) in [6, 6.07) is 0.470. The Bertz CT molecular complexity index is 386. The van der Waals surface area contributed by atoms with Crippen LogP contribution in [0.4, 0.5) is 5.82 Å². The number of aromatic nitrogens is 2. The average Bonchev–Trinajstić information content (AvgIpc) is 2.88. The van der Waals surface area contributed by atoms with Crippen molar-refractivity contribution in [2.75, 3.05) is 11.9 Å². The SMILES string of the molecule is O=c1[nH]c2c(n1C1CC1)NCCC2. The molecule has 2 heterocycles. The Hall–Kier alpha value is -1.19. The molecule has 1 saturated carbocycles. The fourth-order valence-electron chi connectivity index (χ4n) is 2.02. The molecule has 2 aliphatic rings. The standard InChI is InChI=1S/C9H13N3O/c13-9-11-7-2-1-5-10-8(7)12(9)6-3-4-6/h6,10H,1-5H2,(H,11,13). The summed E-state index contributed by atoms with van der Waals surface area (Å²) in [4.78, 5) is 14.5. The van der Waals surface area contributed by atoms with Crippen molar-refractivity contribution in [1.82, 2.24) is 9.55 Å². The Morgan fingerprint density at radius 1 is 1.38 bits per heavy atom. The molecule has 13 heavy (non-hydrogen) atoms. The van der Waals surface area contributed by atoms with Gasteiger partial charge in [0.1, 0.15) is 5.82 Å². The topological polar surface area (TPSA) is 49.8 Å². The molecule has 1 aliphatic carbocycles. The van der Waals surface area contributed by atoms with Crippen LogP contribution in [0.5, 0.6) is 0 Å². The van der Waals surface area contributed by atoms with E-state index in [-0.39, 0.29) is 5.69 Å². The number of nitrogens with one attached hydrogen (secondary N) is 2. The summed E-state index contributed by atoms with van der Waals surface area (Å²) in [6.07, 6.45) is 4.45. The molecule has 3 rings (SSSR count). The number of nitrogens with zero attached hydrogens (tertiary/aromatic N) is 1. The molecule has 1 aromatic heterocycles. The predicted molar refractivity (Wildman–Crippen MR) is 50.1 cm³/mol. The number of anilines is 1. The van der Waals surface area contributed by atoms with E-state index in [0.717, 1.165) is 43.7 Å². The van der Waals surface area contributed by atoms with Crippen LogP contribution in [0.15, 0.2) is 4.79 Å². The summed E-state index contributed by atoms with van der Waals surface area (Å²) in [7, 11) is 0. The van der Waals surface area contributed by atoms with Gasteiger partial charge < -0.3 is 10.3 Å². The molecule has 70 valence electrons. The number of aromatic amines is 1. The minimum atomic E-state index is 0.0712. The van der Waals surface area contributed by atoms with Gasteiger partial charge in [-0.3, -0.25) is 4.57 Å². The monoisotopic (exact) mass is 179 g/mol. The Balaban J connectivity index is 2.15. The number of hydrogen-bond donors (Lipinski definition) is 2. The molecule has 0 spiro atoms. The number of imidazole rings is 1. The fraction of sp³-hybridized carbons (Fsp3) is 0.667. The highest BCUT2D eigenvalue weighted by Gasteiger charge is 2.30. The lowest BCUT2D eigenvalue weighted by molar-refractivity contribution is 0.704. The minimum Gasteiger partial charge on any atom is -0.370 e. The van der Waals surface area contributed by atoms with Gasteiger partial charge in [0, 0.05) is 12.6 Å². The van der Waals surface area contributed by atoms with Gasteiger partial charge in [0.05, 0.1) is 5.69 Å². The van der Waals surface area contributed by atoms with Gasteiger partial charge in [0.25, 0.3) is 0 Å². The summed E-state index contributed by atoms with van der Waals surface area (Å²) in [5.74, 6) is 1.05. The number of hydrogen-bond acceptors (Lipinski definition) is 2. The van der Waals surface area contributed by atoms with E-state index in [1.165, 1.54) is 0 Å². The lowest BCUT2D eigenvalue weighted by Crippen LogP contribution is -2.19. The van der Waals surface area contributed by atoms with Crippen molar-refractivity contribution >= 4 is 5.82 Å². The first-order valence-corrected chi connectivity index (χ1v) is 4.93. The molecule has 1 fully saturated rings. The maximum Gasteiger partial charge on any atom is 0.327 e. The molecule has 0 saturated heterocycles. The number of aryl methyl sites for hydroxylation is 1. The molecule has 0 atom stereocenters. The lowest BCUT2D eigenvalue weighted by atomic mass is 10.2. The van der Waals surface area contributed by atoms with Crippen LogP contribution < -0.4 is 11.0 Å². The third-order valence-electron chi connectivity index (χ3n) is 2.81. The molecule has 1 aromatic rings. The van der Waals surface area contributed by atoms with Crippen LogP contribution in [0.3, 0.4) is 0 Å². The molecule has 0 radical (unpaired) electrons. The first kappa shape index (κ1) is 7.24. The Labute approximate surface area is 76.0 Å². The molecule has 0 aromatic carbocycles. The summed E-state index contributed by atoms with van der Waals surface area (Å²) in [6.45, 7) is 0.997. The summed E-state index contributed by atoms with van der Waals surface area (Å²) in [5, 5.41) is 3.31. The van der Waals surface area contributed by atoms with Crippen molar-refractivity contribution in [3.63, 3.8) is 0 Å². The highest BCUT2D eigenvalue weighted by Crippen LogP contribution is 2.37. The van der Waals surface area contributed by atoms with Gasteiger partial charge in [0.2, 0.25) is 0 Å². The maximum atomic E-state index is 11.6. The van der Waals surface area contributed by atoms with Gasteiger partial charge in [-0.25, -0.2) is 4.79 Å². The maximum absolute atomic E-state index is 11.6. The van der Waals surface area contributed by atoms with Crippen LogP contribution in [0.1, 0.15) is 31.0 Å². The van der Waals surface area contributed by atoms with Crippen molar-refractivity contribution in [3.05, 3.63) is 16.2 Å². The summed E-state index contributed by atoms with van der Waals surface area (Å²) in [5.41, 5.74) is 1.17. The largest absolute Gasteiger partial charge is 0.370 e. The number of H-pyrrole nitrogens is 1. The molecule has 0 bridgehead atoms. The summed E-state index contributed by atoms with van der Waals surface area (Å²) < 4.78 is 1.90. The zero-order valence-corrected chi connectivity index (χ0v) is 7.47. The number of fused-ring (bicyclic) bond motifs is 1. The summed E-state index contributed by atoms with van der Waals surface area (Å²) >= 11 is 0. The third-order valence-corrected chi connectivity index (χ3v) is 2.81. The third kappa shape index (κ3) is 1.01. The Morgan fingerprint density at radius 2 is 2.23 bits per heavy atom. The van der Waals surface area contributed by atoms with E-state index in [4.69, 9.17) is 0 Å². The lowest BCUT2D eigenvalue weighted by Gasteiger charge is -2.15. The first-order chi connectivity index (χ1) is 6.36. The van der Waals surface area contributed by atoms with Gasteiger partial charge in [-0.1, -0.05) is 0 Å². The van der Waals surface area contributed by atoms with Crippen LogP contribution in [0, 0.1) is 0 Å². The fourth-order valence-corrected chi connectivity index (χ4v) is 2.02. The van der Waals surface area contributed by atoms with Gasteiger partial charge >= 0.3 is 5.69 Å². The molecular weight excluding hydrogens is 166 g/mol. The second-order valence-corrected chi connectivity index (χ2v) is 3.89. The highest BCUT2D eigenvalue weighted by atomic mass is 16.1. The van der Waals surface area contributed by atoms with Crippen molar-refractivity contribution in [2.45, 2.75) is 31.7 Å². The van der Waals surface area contributed by atoms with Crippen molar-refractivity contribution in [1.29, 1.82) is 0 Å². The van der Waals surface area contributed by atoms with Gasteiger partial charge in [-0.2, -0.15) is 0 Å². The molecular formula is C9H13N3O. The zero-order chi connectivity index (χ0) is 8.84. The molecule has 0 unspecified atom stereocenters. The zero-order valence-electron chi connectivity index (χ0n) is 7.47. The molecule has 4 heteroatoms. The minimum absolute atomic E-state index is 0.0712. The number of rotatable bonds is 1. The molecule has 4 nitrogen and oxygen atoms in total. The van der Waals surface area contributed by atoms with Crippen LogP contribution >= 0.6 is 0 Å². The smallest absolute Gasteiger partial charge is 0.327 e. The van der Waals surface area contributed by atoms with E-state index in [1.807, 2.05) is 4.57 Å². The normalized spacial score (nSPS) is 20.9. The second-order valence-electron chi connectivity index (χ2n) is 3.89. The first-order valence-electron chi connectivity index (χ1n) is 4.93. The Morgan fingerprint density at radius 3 is 3.00 bits per heavy atom. The van der Waals surface area contributed by atoms with E-state index < -0.39 is 0 Å². The second kappa shape index (κ2) is 2.40. The van der Waals surface area contributed by atoms with E-state index in [2.05, 4.69) is 10.3 Å². The van der Waals surface area contributed by atoms with Gasteiger partial charge in [-0.15, -0.1) is 0 Å². The van der Waals surface area contributed by atoms with Crippen LogP contribution in [-0.4, -0.2) is 16.1 Å². The highest BCUT2D eigenvalue weighted by molar-refractivity contribution is 5.44. The average molecular weight is 179 g/mol. The van der Waals surface area contributed by atoms with Gasteiger partial charge in [-0.05, 0) is 25.7 Å². The van der Waals surface area contributed by atoms with E-state index in [9.17, 15) is 4.79 Å².